The first kappa shape index (κ1) is 9.70. The summed E-state index contributed by atoms with van der Waals surface area (Å²) < 4.78 is 21.9. The van der Waals surface area contributed by atoms with Crippen molar-refractivity contribution in [2.75, 3.05) is 31.1 Å². The summed E-state index contributed by atoms with van der Waals surface area (Å²) in [6, 6.07) is 0. The Labute approximate surface area is 72.7 Å². The summed E-state index contributed by atoms with van der Waals surface area (Å²) >= 11 is 0. The van der Waals surface area contributed by atoms with Crippen molar-refractivity contribution in [1.82, 2.24) is 5.32 Å². The molecule has 0 aromatic rings. The normalized spacial score (nSPS) is 20.9. The van der Waals surface area contributed by atoms with Gasteiger partial charge < -0.3 is 11.1 Å². The lowest BCUT2D eigenvalue weighted by Crippen LogP contribution is -2.25. The molecule has 0 saturated carbocycles. The highest BCUT2D eigenvalue weighted by atomic mass is 32.2. The Hall–Kier alpha value is -0.390. The molecule has 0 aromatic carbocycles. The van der Waals surface area contributed by atoms with Gasteiger partial charge in [-0.2, -0.15) is 0 Å². The lowest BCUT2D eigenvalue weighted by atomic mass is 10.3. The summed E-state index contributed by atoms with van der Waals surface area (Å²) in [6.45, 7) is 1.97. The highest BCUT2D eigenvalue weighted by Gasteiger charge is 2.18. The van der Waals surface area contributed by atoms with E-state index in [-0.39, 0.29) is 11.5 Å². The largest absolute Gasteiger partial charge is 0.329 e. The molecule has 0 aliphatic carbocycles. The molecule has 0 radical (unpaired) electrons. The van der Waals surface area contributed by atoms with Gasteiger partial charge >= 0.3 is 0 Å². The second-order valence-corrected chi connectivity index (χ2v) is 4.99. The second kappa shape index (κ2) is 4.02. The van der Waals surface area contributed by atoms with Gasteiger partial charge in [-0.05, 0) is 5.57 Å². The molecule has 5 heteroatoms. The van der Waals surface area contributed by atoms with Gasteiger partial charge in [-0.1, -0.05) is 6.08 Å². The van der Waals surface area contributed by atoms with Crippen LogP contribution in [0.4, 0.5) is 0 Å². The van der Waals surface area contributed by atoms with Gasteiger partial charge in [-0.25, -0.2) is 8.42 Å². The van der Waals surface area contributed by atoms with Gasteiger partial charge in [0, 0.05) is 19.6 Å². The Kier molecular flexibility index (Phi) is 3.25. The summed E-state index contributed by atoms with van der Waals surface area (Å²) in [7, 11) is -2.80. The molecule has 0 saturated heterocycles. The first-order valence-electron chi connectivity index (χ1n) is 3.93. The molecule has 0 aromatic heterocycles. The Morgan fingerprint density at radius 3 is 2.83 bits per heavy atom. The average molecular weight is 190 g/mol. The molecule has 0 atom stereocenters. The van der Waals surface area contributed by atoms with E-state index in [0.29, 0.717) is 13.1 Å². The maximum absolute atomic E-state index is 11.0. The smallest absolute Gasteiger partial charge is 0.157 e. The summed E-state index contributed by atoms with van der Waals surface area (Å²) in [6.07, 6.45) is 1.78. The molecule has 1 aliphatic rings. The minimum absolute atomic E-state index is 0.201. The van der Waals surface area contributed by atoms with Gasteiger partial charge in [-0.3, -0.25) is 0 Å². The van der Waals surface area contributed by atoms with Crippen LogP contribution in [-0.4, -0.2) is 39.6 Å². The van der Waals surface area contributed by atoms with Crippen molar-refractivity contribution in [3.63, 3.8) is 0 Å². The quantitative estimate of drug-likeness (QED) is 0.435. The predicted octanol–water partition coefficient (Wildman–Crippen LogP) is -1.11. The van der Waals surface area contributed by atoms with Gasteiger partial charge in [0.1, 0.15) is 0 Å². The molecule has 0 amide bonds. The van der Waals surface area contributed by atoms with Crippen LogP contribution in [-0.2, 0) is 9.84 Å². The second-order valence-electron chi connectivity index (χ2n) is 2.88. The first-order valence-corrected chi connectivity index (χ1v) is 5.75. The molecule has 70 valence electrons. The minimum Gasteiger partial charge on any atom is -0.329 e. The zero-order valence-corrected chi connectivity index (χ0v) is 7.73. The van der Waals surface area contributed by atoms with Gasteiger partial charge in [-0.15, -0.1) is 0 Å². The number of rotatable bonds is 4. The van der Waals surface area contributed by atoms with Crippen LogP contribution in [0.3, 0.4) is 0 Å². The highest BCUT2D eigenvalue weighted by molar-refractivity contribution is 7.92. The van der Waals surface area contributed by atoms with Crippen LogP contribution in [0.15, 0.2) is 11.6 Å². The van der Waals surface area contributed by atoms with E-state index in [9.17, 15) is 8.42 Å². The van der Waals surface area contributed by atoms with Crippen molar-refractivity contribution in [2.45, 2.75) is 0 Å². The molecule has 4 nitrogen and oxygen atoms in total. The third-order valence-corrected chi connectivity index (χ3v) is 3.19. The molecule has 0 bridgehead atoms. The van der Waals surface area contributed by atoms with Crippen molar-refractivity contribution < 1.29 is 8.42 Å². The fourth-order valence-electron chi connectivity index (χ4n) is 1.12. The van der Waals surface area contributed by atoms with E-state index in [1.165, 1.54) is 0 Å². The van der Waals surface area contributed by atoms with Crippen LogP contribution in [0, 0.1) is 0 Å². The molecule has 0 unspecified atom stereocenters. The molecular weight excluding hydrogens is 176 g/mol. The van der Waals surface area contributed by atoms with E-state index < -0.39 is 9.84 Å². The third kappa shape index (κ3) is 2.92. The lowest BCUT2D eigenvalue weighted by molar-refractivity contribution is 0.602. The molecule has 12 heavy (non-hydrogen) atoms. The van der Waals surface area contributed by atoms with Gasteiger partial charge in [0.2, 0.25) is 0 Å². The number of nitrogens with two attached hydrogens (primary N) is 1. The zero-order valence-electron chi connectivity index (χ0n) is 6.91. The fourth-order valence-corrected chi connectivity index (χ4v) is 2.51. The van der Waals surface area contributed by atoms with E-state index >= 15 is 0 Å². The zero-order chi connectivity index (χ0) is 9.03. The van der Waals surface area contributed by atoms with Crippen molar-refractivity contribution in [2.24, 2.45) is 5.73 Å². The SMILES string of the molecule is NCCNCC1=CCS(=O)(=O)C1. The maximum Gasteiger partial charge on any atom is 0.157 e. The van der Waals surface area contributed by atoms with E-state index in [4.69, 9.17) is 5.73 Å². The third-order valence-electron chi connectivity index (χ3n) is 1.70. The van der Waals surface area contributed by atoms with Gasteiger partial charge in [0.05, 0.1) is 11.5 Å². The topological polar surface area (TPSA) is 72.2 Å². The summed E-state index contributed by atoms with van der Waals surface area (Å²) in [5, 5.41) is 3.06. The van der Waals surface area contributed by atoms with Crippen LogP contribution >= 0.6 is 0 Å². The standard InChI is InChI=1S/C7H14N2O2S/c8-2-3-9-5-7-1-4-12(10,11)6-7/h1,9H,2-6,8H2. The average Bonchev–Trinajstić information content (AvgIpc) is 2.31. The van der Waals surface area contributed by atoms with Crippen LogP contribution in [0.25, 0.3) is 0 Å². The molecule has 0 spiro atoms. The molecule has 1 heterocycles. The summed E-state index contributed by atoms with van der Waals surface area (Å²) in [5.74, 6) is 0.414. The first-order chi connectivity index (χ1) is 5.64. The van der Waals surface area contributed by atoms with Gasteiger partial charge in [0.25, 0.3) is 0 Å². The van der Waals surface area contributed by atoms with Crippen LogP contribution in [0.1, 0.15) is 0 Å². The highest BCUT2D eigenvalue weighted by Crippen LogP contribution is 2.09. The molecular formula is C7H14N2O2S. The minimum atomic E-state index is -2.80. The van der Waals surface area contributed by atoms with Crippen LogP contribution in [0.2, 0.25) is 0 Å². The predicted molar refractivity (Wildman–Crippen MR) is 48.7 cm³/mol. The lowest BCUT2D eigenvalue weighted by Gasteiger charge is -2.01. The van der Waals surface area contributed by atoms with E-state index in [2.05, 4.69) is 5.32 Å². The summed E-state index contributed by atoms with van der Waals surface area (Å²) in [5.41, 5.74) is 6.23. The Morgan fingerprint density at radius 2 is 2.33 bits per heavy atom. The summed E-state index contributed by atoms with van der Waals surface area (Å²) in [4.78, 5) is 0. The number of hydrogen-bond acceptors (Lipinski definition) is 4. The molecule has 1 aliphatic heterocycles. The van der Waals surface area contributed by atoms with E-state index in [1.54, 1.807) is 6.08 Å². The van der Waals surface area contributed by atoms with E-state index in [1.807, 2.05) is 0 Å². The van der Waals surface area contributed by atoms with Crippen molar-refractivity contribution in [1.29, 1.82) is 0 Å². The fraction of sp³-hybridized carbons (Fsp3) is 0.714. The Bertz CT molecular complexity index is 269. The van der Waals surface area contributed by atoms with Crippen LogP contribution < -0.4 is 11.1 Å². The maximum atomic E-state index is 11.0. The Balaban J connectivity index is 2.28. The van der Waals surface area contributed by atoms with Crippen molar-refractivity contribution >= 4 is 9.84 Å². The van der Waals surface area contributed by atoms with Gasteiger partial charge in [0.15, 0.2) is 9.84 Å². The van der Waals surface area contributed by atoms with Crippen molar-refractivity contribution in [3.8, 4) is 0 Å². The monoisotopic (exact) mass is 190 g/mol. The number of hydrogen-bond donors (Lipinski definition) is 2. The number of nitrogens with one attached hydrogen (secondary N) is 1. The van der Waals surface area contributed by atoms with Crippen molar-refractivity contribution in [3.05, 3.63) is 11.6 Å². The molecule has 0 fully saturated rings. The van der Waals surface area contributed by atoms with Crippen LogP contribution in [0.5, 0.6) is 0 Å². The van der Waals surface area contributed by atoms with E-state index in [0.717, 1.165) is 12.1 Å². The Morgan fingerprint density at radius 1 is 1.58 bits per heavy atom. The molecule has 3 N–H and O–H groups in total. The number of sulfone groups is 1. The molecule has 1 rings (SSSR count).